The Kier molecular flexibility index (Phi) is 12.4. The summed E-state index contributed by atoms with van der Waals surface area (Å²) in [5.41, 5.74) is 4.99. The average molecular weight is 582 g/mol. The van der Waals surface area contributed by atoms with Crippen LogP contribution in [0.25, 0.3) is 11.1 Å². The number of nitrogens with one attached hydrogen (secondary N) is 1. The SMILES string of the molecule is CSCCC(NC(=O)c1ccc(CP(CC2CCCCC2)CC2CCCCC2)cc1-c1ccccc1C)C(=O)O. The van der Waals surface area contributed by atoms with Crippen LogP contribution in [0.4, 0.5) is 0 Å². The molecule has 2 saturated carbocycles. The van der Waals surface area contributed by atoms with E-state index in [4.69, 9.17) is 0 Å². The number of carbonyl (C=O) groups excluding carboxylic acids is 1. The third-order valence-corrected chi connectivity index (χ3v) is 12.4. The molecule has 2 aromatic carbocycles. The molecule has 0 spiro atoms. The Morgan fingerprint density at radius 2 is 1.55 bits per heavy atom. The van der Waals surface area contributed by atoms with E-state index in [9.17, 15) is 14.7 Å². The van der Waals surface area contributed by atoms with Gasteiger partial charge in [0.15, 0.2) is 0 Å². The van der Waals surface area contributed by atoms with Crippen molar-refractivity contribution in [2.45, 2.75) is 89.8 Å². The van der Waals surface area contributed by atoms with Crippen molar-refractivity contribution in [1.29, 1.82) is 0 Å². The molecule has 40 heavy (non-hydrogen) atoms. The minimum atomic E-state index is -0.979. The predicted molar refractivity (Wildman–Crippen MR) is 172 cm³/mol. The van der Waals surface area contributed by atoms with Crippen molar-refractivity contribution in [2.75, 3.05) is 24.3 Å². The van der Waals surface area contributed by atoms with Gasteiger partial charge in [-0.1, -0.05) is 94.5 Å². The molecule has 2 fully saturated rings. The van der Waals surface area contributed by atoms with E-state index in [-0.39, 0.29) is 13.8 Å². The van der Waals surface area contributed by atoms with Crippen molar-refractivity contribution in [3.05, 3.63) is 59.2 Å². The first-order valence-electron chi connectivity index (χ1n) is 15.4. The first-order valence-corrected chi connectivity index (χ1v) is 18.7. The Bertz CT molecular complexity index is 1090. The van der Waals surface area contributed by atoms with Gasteiger partial charge in [0.25, 0.3) is 5.91 Å². The van der Waals surface area contributed by atoms with E-state index in [0.717, 1.165) is 34.7 Å². The van der Waals surface area contributed by atoms with E-state index >= 15 is 0 Å². The lowest BCUT2D eigenvalue weighted by atomic mass is 9.91. The zero-order chi connectivity index (χ0) is 28.3. The quantitative estimate of drug-likeness (QED) is 0.232. The molecule has 2 aliphatic rings. The maximum Gasteiger partial charge on any atom is 0.326 e. The first kappa shape index (κ1) is 31.1. The van der Waals surface area contributed by atoms with Crippen LogP contribution in [0.5, 0.6) is 0 Å². The summed E-state index contributed by atoms with van der Waals surface area (Å²) in [5.74, 6) is 1.18. The molecule has 0 bridgehead atoms. The van der Waals surface area contributed by atoms with Gasteiger partial charge in [-0.3, -0.25) is 4.79 Å². The first-order chi connectivity index (χ1) is 19.4. The molecule has 1 unspecified atom stereocenters. The maximum absolute atomic E-state index is 13.5. The fraction of sp³-hybridized carbons (Fsp3) is 0.588. The third kappa shape index (κ3) is 9.08. The highest BCUT2D eigenvalue weighted by molar-refractivity contribution is 7.98. The molecule has 0 aliphatic heterocycles. The summed E-state index contributed by atoms with van der Waals surface area (Å²) < 4.78 is 0. The van der Waals surface area contributed by atoms with Crippen LogP contribution in [-0.4, -0.2) is 47.4 Å². The van der Waals surface area contributed by atoms with Crippen LogP contribution in [0.2, 0.25) is 0 Å². The number of aliphatic carboxylic acids is 1. The number of thioether (sulfide) groups is 1. The van der Waals surface area contributed by atoms with Crippen LogP contribution >= 0.6 is 19.7 Å². The van der Waals surface area contributed by atoms with Crippen LogP contribution < -0.4 is 5.32 Å². The second kappa shape index (κ2) is 16.0. The zero-order valence-corrected chi connectivity index (χ0v) is 26.2. The lowest BCUT2D eigenvalue weighted by Crippen LogP contribution is -2.41. The Labute approximate surface area is 247 Å². The molecule has 2 N–H and O–H groups in total. The van der Waals surface area contributed by atoms with Crippen molar-refractivity contribution in [3.63, 3.8) is 0 Å². The van der Waals surface area contributed by atoms with Gasteiger partial charge in [0.1, 0.15) is 6.04 Å². The van der Waals surface area contributed by atoms with E-state index in [1.165, 1.54) is 82.1 Å². The number of rotatable bonds is 13. The van der Waals surface area contributed by atoms with Gasteiger partial charge >= 0.3 is 5.97 Å². The van der Waals surface area contributed by atoms with E-state index in [2.05, 4.69) is 36.5 Å². The molecule has 4 rings (SSSR count). The fourth-order valence-electron chi connectivity index (χ4n) is 6.65. The second-order valence-corrected chi connectivity index (χ2v) is 15.4. The van der Waals surface area contributed by atoms with E-state index in [1.807, 2.05) is 24.5 Å². The van der Waals surface area contributed by atoms with Crippen LogP contribution in [0.3, 0.4) is 0 Å². The van der Waals surface area contributed by atoms with E-state index in [0.29, 0.717) is 17.7 Å². The zero-order valence-electron chi connectivity index (χ0n) is 24.5. The minimum absolute atomic E-state index is 0.107. The van der Waals surface area contributed by atoms with E-state index in [1.54, 1.807) is 11.8 Å². The predicted octanol–water partition coefficient (Wildman–Crippen LogP) is 8.74. The highest BCUT2D eigenvalue weighted by Gasteiger charge is 2.25. The molecular formula is C34H48NO3PS. The largest absolute Gasteiger partial charge is 0.480 e. The lowest BCUT2D eigenvalue weighted by molar-refractivity contribution is -0.139. The lowest BCUT2D eigenvalue weighted by Gasteiger charge is -2.31. The van der Waals surface area contributed by atoms with Crippen molar-refractivity contribution in [3.8, 4) is 11.1 Å². The van der Waals surface area contributed by atoms with Gasteiger partial charge in [-0.15, -0.1) is 7.92 Å². The minimum Gasteiger partial charge on any atom is -0.480 e. The molecular weight excluding hydrogens is 533 g/mol. The molecule has 2 aromatic rings. The summed E-state index contributed by atoms with van der Waals surface area (Å²) in [6.45, 7) is 2.08. The summed E-state index contributed by atoms with van der Waals surface area (Å²) in [5, 5.41) is 12.5. The molecule has 6 heteroatoms. The van der Waals surface area contributed by atoms with Crippen molar-refractivity contribution in [1.82, 2.24) is 5.32 Å². The monoisotopic (exact) mass is 581 g/mol. The van der Waals surface area contributed by atoms with Gasteiger partial charge in [0.05, 0.1) is 0 Å². The van der Waals surface area contributed by atoms with Crippen molar-refractivity contribution < 1.29 is 14.7 Å². The topological polar surface area (TPSA) is 66.4 Å². The Morgan fingerprint density at radius 1 is 0.925 bits per heavy atom. The number of hydrogen-bond donors (Lipinski definition) is 2. The number of carbonyl (C=O) groups is 2. The molecule has 4 nitrogen and oxygen atoms in total. The number of amides is 1. The number of carboxylic acids is 1. The molecule has 0 heterocycles. The van der Waals surface area contributed by atoms with E-state index < -0.39 is 12.0 Å². The van der Waals surface area contributed by atoms with Crippen LogP contribution in [0.15, 0.2) is 42.5 Å². The summed E-state index contributed by atoms with van der Waals surface area (Å²) >= 11 is 1.59. The van der Waals surface area contributed by atoms with Crippen LogP contribution in [0, 0.1) is 18.8 Å². The second-order valence-electron chi connectivity index (χ2n) is 12.0. The van der Waals surface area contributed by atoms with Gasteiger partial charge in [-0.25, -0.2) is 4.79 Å². The van der Waals surface area contributed by atoms with Gasteiger partial charge in [-0.2, -0.15) is 11.8 Å². The fourth-order valence-corrected chi connectivity index (χ4v) is 10.4. The van der Waals surface area contributed by atoms with Gasteiger partial charge in [0, 0.05) is 5.56 Å². The molecule has 0 saturated heterocycles. The highest BCUT2D eigenvalue weighted by Crippen LogP contribution is 2.48. The number of benzene rings is 2. The molecule has 0 aromatic heterocycles. The summed E-state index contributed by atoms with van der Waals surface area (Å²) in [6, 6.07) is 13.7. The van der Waals surface area contributed by atoms with Gasteiger partial charge in [-0.05, 0) is 90.1 Å². The van der Waals surface area contributed by atoms with Gasteiger partial charge < -0.3 is 10.4 Å². The van der Waals surface area contributed by atoms with Crippen molar-refractivity contribution >= 4 is 31.6 Å². The Morgan fingerprint density at radius 3 is 2.12 bits per heavy atom. The molecule has 2 aliphatic carbocycles. The summed E-state index contributed by atoms with van der Waals surface area (Å²) in [7, 11) is -0.107. The average Bonchev–Trinajstić information content (AvgIpc) is 2.96. The Balaban J connectivity index is 1.60. The maximum atomic E-state index is 13.5. The molecule has 218 valence electrons. The molecule has 1 atom stereocenters. The Hall–Kier alpha value is -1.84. The molecule has 1 amide bonds. The standard InChI is InChI=1S/C34H48NO3PS/c1-25-11-9-10-16-29(25)31-21-28(17-18-30(31)33(36)35-32(34(37)38)19-20-40-2)24-39(22-26-12-5-3-6-13-26)23-27-14-7-4-8-15-27/h9-11,16-18,21,26-27,32H,3-8,12-15,19-20,22-24H2,1-2H3,(H,35,36)(H,37,38). The number of aryl methyl sites for hydroxylation is 1. The van der Waals surface area contributed by atoms with Crippen molar-refractivity contribution in [2.24, 2.45) is 11.8 Å². The third-order valence-electron chi connectivity index (χ3n) is 8.87. The molecule has 0 radical (unpaired) electrons. The van der Waals surface area contributed by atoms with Crippen LogP contribution in [-0.2, 0) is 11.0 Å². The normalized spacial score (nSPS) is 17.6. The summed E-state index contributed by atoms with van der Waals surface area (Å²) in [6.07, 6.45) is 20.3. The van der Waals surface area contributed by atoms with Crippen LogP contribution in [0.1, 0.15) is 92.1 Å². The smallest absolute Gasteiger partial charge is 0.326 e. The number of carboxylic acid groups (broad SMARTS) is 1. The summed E-state index contributed by atoms with van der Waals surface area (Å²) in [4.78, 5) is 25.4. The van der Waals surface area contributed by atoms with Gasteiger partial charge in [0.2, 0.25) is 0 Å². The number of hydrogen-bond acceptors (Lipinski definition) is 3. The highest BCUT2D eigenvalue weighted by atomic mass is 32.2.